The zero-order valence-electron chi connectivity index (χ0n) is 20.7. The average Bonchev–Trinajstić information content (AvgIpc) is 3.49. The molecule has 0 aliphatic carbocycles. The first-order valence-corrected chi connectivity index (χ1v) is 13.4. The van der Waals surface area contributed by atoms with Crippen molar-refractivity contribution in [2.45, 2.75) is 50.8 Å². The van der Waals surface area contributed by atoms with E-state index in [1.807, 2.05) is 46.3 Å². The van der Waals surface area contributed by atoms with Crippen molar-refractivity contribution in [3.8, 4) is 0 Å². The van der Waals surface area contributed by atoms with Crippen LogP contribution in [0.15, 0.2) is 47.6 Å². The Balaban J connectivity index is 1.24. The van der Waals surface area contributed by atoms with Crippen LogP contribution in [0.5, 0.6) is 0 Å². The van der Waals surface area contributed by atoms with Crippen LogP contribution in [0.25, 0.3) is 5.52 Å². The van der Waals surface area contributed by atoms with Crippen LogP contribution in [0.3, 0.4) is 0 Å². The Bertz CT molecular complexity index is 1240. The maximum Gasteiger partial charge on any atom is 0.257 e. The third-order valence-electron chi connectivity index (χ3n) is 7.31. The molecule has 0 N–H and O–H groups in total. The van der Waals surface area contributed by atoms with E-state index in [-0.39, 0.29) is 11.8 Å². The standard InChI is InChI=1S/C27H33N5O2S/c1-4-29(5-2)27(34)24-18-28-32-15-11-21(17-26(24)32)20-8-12-30(13-9-20)35-23-6-7-25-22(16-23)10-14-31(25)19(3)33/h6-7,11,15-18,20H,4-5,8-10,12-14H2,1-3H3. The van der Waals surface area contributed by atoms with Crippen molar-refractivity contribution in [1.82, 2.24) is 18.8 Å². The molecule has 2 amide bonds. The number of nitrogens with zero attached hydrogens (tertiary/aromatic N) is 5. The first-order chi connectivity index (χ1) is 17.0. The Morgan fingerprint density at radius 1 is 1.09 bits per heavy atom. The number of amides is 2. The van der Waals surface area contributed by atoms with Gasteiger partial charge in [0.05, 0.1) is 17.3 Å². The number of rotatable bonds is 6. The molecule has 2 aromatic heterocycles. The number of hydrogen-bond acceptors (Lipinski definition) is 5. The van der Waals surface area contributed by atoms with Crippen molar-refractivity contribution in [2.75, 3.05) is 37.6 Å². The molecule has 8 heteroatoms. The summed E-state index contributed by atoms with van der Waals surface area (Å²) >= 11 is 1.82. The molecule has 7 nitrogen and oxygen atoms in total. The van der Waals surface area contributed by atoms with Crippen LogP contribution in [-0.2, 0) is 11.2 Å². The van der Waals surface area contributed by atoms with Crippen molar-refractivity contribution in [3.05, 3.63) is 59.4 Å². The van der Waals surface area contributed by atoms with Gasteiger partial charge in [-0.1, -0.05) is 0 Å². The smallest absolute Gasteiger partial charge is 0.257 e. The van der Waals surface area contributed by atoms with E-state index in [0.29, 0.717) is 24.6 Å². The number of piperidine rings is 1. The summed E-state index contributed by atoms with van der Waals surface area (Å²) in [5.74, 6) is 0.645. The largest absolute Gasteiger partial charge is 0.339 e. The SMILES string of the molecule is CCN(CC)C(=O)c1cnn2ccc(C3CCN(Sc4ccc5c(c4)CCN5C(C)=O)CC3)cc12. The summed E-state index contributed by atoms with van der Waals surface area (Å²) in [5.41, 5.74) is 5.20. The summed E-state index contributed by atoms with van der Waals surface area (Å²) in [6.07, 6.45) is 6.78. The van der Waals surface area contributed by atoms with E-state index in [1.54, 1.807) is 13.1 Å². The highest BCUT2D eigenvalue weighted by Gasteiger charge is 2.25. The van der Waals surface area contributed by atoms with Crippen LogP contribution in [0, 0.1) is 0 Å². The van der Waals surface area contributed by atoms with Crippen molar-refractivity contribution in [1.29, 1.82) is 0 Å². The van der Waals surface area contributed by atoms with Crippen molar-refractivity contribution in [3.63, 3.8) is 0 Å². The van der Waals surface area contributed by atoms with Crippen molar-refractivity contribution >= 4 is 35.0 Å². The number of pyridine rings is 1. The molecule has 0 bridgehead atoms. The molecular formula is C27H33N5O2S. The fraction of sp³-hybridized carbons (Fsp3) is 0.444. The lowest BCUT2D eigenvalue weighted by Crippen LogP contribution is -2.30. The van der Waals surface area contributed by atoms with Gasteiger partial charge in [0.25, 0.3) is 5.91 Å². The highest BCUT2D eigenvalue weighted by molar-refractivity contribution is 7.97. The minimum absolute atomic E-state index is 0.0501. The number of carbonyl (C=O) groups excluding carboxylic acids is 2. The van der Waals surface area contributed by atoms with Gasteiger partial charge in [0.15, 0.2) is 0 Å². The molecule has 1 aromatic carbocycles. The molecule has 3 aromatic rings. The van der Waals surface area contributed by atoms with Gasteiger partial charge in [-0.2, -0.15) is 5.10 Å². The highest BCUT2D eigenvalue weighted by Crippen LogP contribution is 2.37. The predicted molar refractivity (Wildman–Crippen MR) is 140 cm³/mol. The van der Waals surface area contributed by atoms with Crippen LogP contribution in [0.2, 0.25) is 0 Å². The quantitative estimate of drug-likeness (QED) is 0.471. The molecule has 2 aliphatic rings. The Morgan fingerprint density at radius 3 is 2.57 bits per heavy atom. The summed E-state index contributed by atoms with van der Waals surface area (Å²) in [5, 5.41) is 4.41. The molecule has 35 heavy (non-hydrogen) atoms. The summed E-state index contributed by atoms with van der Waals surface area (Å²) < 4.78 is 4.26. The third-order valence-corrected chi connectivity index (χ3v) is 8.40. The van der Waals surface area contributed by atoms with Gasteiger partial charge in [-0.05, 0) is 92.4 Å². The topological polar surface area (TPSA) is 61.2 Å². The molecular weight excluding hydrogens is 458 g/mol. The molecule has 1 saturated heterocycles. The van der Waals surface area contributed by atoms with E-state index >= 15 is 0 Å². The van der Waals surface area contributed by atoms with E-state index in [2.05, 4.69) is 39.7 Å². The normalized spacial score (nSPS) is 16.6. The molecule has 0 atom stereocenters. The van der Waals surface area contributed by atoms with Crippen molar-refractivity contribution < 1.29 is 9.59 Å². The summed E-state index contributed by atoms with van der Waals surface area (Å²) in [6, 6.07) is 10.8. The minimum Gasteiger partial charge on any atom is -0.339 e. The van der Waals surface area contributed by atoms with Crippen LogP contribution in [0.4, 0.5) is 5.69 Å². The van der Waals surface area contributed by atoms with Gasteiger partial charge in [0.2, 0.25) is 5.91 Å². The van der Waals surface area contributed by atoms with Gasteiger partial charge in [-0.3, -0.25) is 9.59 Å². The third kappa shape index (κ3) is 4.69. The molecule has 4 heterocycles. The molecule has 0 radical (unpaired) electrons. The monoisotopic (exact) mass is 491 g/mol. The number of hydrogen-bond donors (Lipinski definition) is 0. The zero-order chi connectivity index (χ0) is 24.5. The fourth-order valence-corrected chi connectivity index (χ4v) is 6.30. The Labute approximate surface area is 211 Å². The first-order valence-electron chi connectivity index (χ1n) is 12.6. The molecule has 5 rings (SSSR count). The number of benzene rings is 1. The van der Waals surface area contributed by atoms with Crippen LogP contribution < -0.4 is 4.90 Å². The molecule has 0 spiro atoms. The molecule has 1 fully saturated rings. The molecule has 184 valence electrons. The van der Waals surface area contributed by atoms with Crippen LogP contribution in [0.1, 0.15) is 61.0 Å². The van der Waals surface area contributed by atoms with Crippen LogP contribution in [-0.4, -0.2) is 63.4 Å². The summed E-state index contributed by atoms with van der Waals surface area (Å²) in [7, 11) is 0. The number of anilines is 1. The Morgan fingerprint density at radius 2 is 1.86 bits per heavy atom. The molecule has 0 unspecified atom stereocenters. The number of fused-ring (bicyclic) bond motifs is 2. The van der Waals surface area contributed by atoms with E-state index in [1.165, 1.54) is 16.0 Å². The minimum atomic E-state index is 0.0501. The van der Waals surface area contributed by atoms with Gasteiger partial charge >= 0.3 is 0 Å². The maximum atomic E-state index is 13.0. The summed E-state index contributed by atoms with van der Waals surface area (Å²) in [4.78, 5) is 29.7. The summed E-state index contributed by atoms with van der Waals surface area (Å²) in [6.45, 7) is 9.86. The zero-order valence-corrected chi connectivity index (χ0v) is 21.6. The second-order valence-corrected chi connectivity index (χ2v) is 10.5. The fourth-order valence-electron chi connectivity index (χ4n) is 5.29. The van der Waals surface area contributed by atoms with Gasteiger partial charge in [-0.25, -0.2) is 8.82 Å². The lowest BCUT2D eigenvalue weighted by Gasteiger charge is -2.31. The van der Waals surface area contributed by atoms with Crippen molar-refractivity contribution in [2.24, 2.45) is 0 Å². The van der Waals surface area contributed by atoms with Gasteiger partial charge in [0, 0.05) is 56.4 Å². The second kappa shape index (κ2) is 10.0. The van der Waals surface area contributed by atoms with Crippen LogP contribution >= 0.6 is 11.9 Å². The first kappa shape index (κ1) is 23.9. The number of aromatic nitrogens is 2. The van der Waals surface area contributed by atoms with E-state index in [4.69, 9.17) is 0 Å². The lowest BCUT2D eigenvalue weighted by molar-refractivity contribution is -0.116. The van der Waals surface area contributed by atoms with Gasteiger partial charge in [-0.15, -0.1) is 0 Å². The number of carbonyl (C=O) groups is 2. The van der Waals surface area contributed by atoms with E-state index in [0.717, 1.165) is 50.1 Å². The maximum absolute atomic E-state index is 13.0. The molecule has 0 saturated carbocycles. The molecule has 2 aliphatic heterocycles. The lowest BCUT2D eigenvalue weighted by atomic mass is 9.90. The van der Waals surface area contributed by atoms with E-state index in [9.17, 15) is 9.59 Å². The highest BCUT2D eigenvalue weighted by atomic mass is 32.2. The van der Waals surface area contributed by atoms with Gasteiger partial charge in [0.1, 0.15) is 0 Å². The predicted octanol–water partition coefficient (Wildman–Crippen LogP) is 4.61. The average molecular weight is 492 g/mol. The Hall–Kier alpha value is -2.84. The Kier molecular flexibility index (Phi) is 6.84. The second-order valence-electron chi connectivity index (χ2n) is 9.33. The van der Waals surface area contributed by atoms with E-state index < -0.39 is 0 Å². The van der Waals surface area contributed by atoms with Gasteiger partial charge < -0.3 is 9.80 Å².